The molecule has 2 atom stereocenters. The summed E-state index contributed by atoms with van der Waals surface area (Å²) < 4.78 is 0. The van der Waals surface area contributed by atoms with Gasteiger partial charge in [-0.1, -0.05) is 24.6 Å². The molecule has 1 saturated carbocycles. The minimum atomic E-state index is -0.873. The van der Waals surface area contributed by atoms with Gasteiger partial charge in [-0.3, -0.25) is 9.59 Å². The molecule has 4 nitrogen and oxygen atoms in total. The second-order valence-corrected chi connectivity index (χ2v) is 6.13. The molecule has 0 saturated heterocycles. The molecule has 1 aromatic carbocycles. The lowest BCUT2D eigenvalue weighted by Gasteiger charge is -2.17. The lowest BCUT2D eigenvalue weighted by Crippen LogP contribution is -2.30. The number of carboxylic acid groups (broad SMARTS) is 1. The van der Waals surface area contributed by atoms with E-state index in [9.17, 15) is 14.7 Å². The molecule has 2 rings (SSSR count). The van der Waals surface area contributed by atoms with E-state index < -0.39 is 17.8 Å². The van der Waals surface area contributed by atoms with Gasteiger partial charge in [0.1, 0.15) is 0 Å². The van der Waals surface area contributed by atoms with Crippen molar-refractivity contribution >= 4 is 29.3 Å². The smallest absolute Gasteiger partial charge is 0.307 e. The third-order valence-corrected chi connectivity index (χ3v) is 4.74. The van der Waals surface area contributed by atoms with Crippen LogP contribution < -0.4 is 5.32 Å². The Hall–Kier alpha value is -1.75. The highest BCUT2D eigenvalue weighted by Gasteiger charge is 2.37. The Morgan fingerprint density at radius 3 is 2.76 bits per heavy atom. The van der Waals surface area contributed by atoms with Gasteiger partial charge < -0.3 is 10.4 Å². The summed E-state index contributed by atoms with van der Waals surface area (Å²) >= 11 is 1.59. The lowest BCUT2D eigenvalue weighted by molar-refractivity contribution is -0.145. The van der Waals surface area contributed by atoms with E-state index in [4.69, 9.17) is 0 Å². The number of nitrogens with one attached hydrogen (secondary N) is 1. The first-order chi connectivity index (χ1) is 10.1. The van der Waals surface area contributed by atoms with Crippen LogP contribution in [0.5, 0.6) is 0 Å². The number of hydrogen-bond donors (Lipinski definition) is 2. The predicted molar refractivity (Wildman–Crippen MR) is 84.5 cm³/mol. The maximum absolute atomic E-state index is 12.4. The van der Waals surface area contributed by atoms with Gasteiger partial charge in [0.05, 0.1) is 17.5 Å². The molecule has 2 unspecified atom stereocenters. The Labute approximate surface area is 128 Å². The SMILES string of the molecule is C=CCSc1ccccc1NC(=O)C1CCCC1C(=O)O. The number of carbonyl (C=O) groups excluding carboxylic acids is 1. The standard InChI is InChI=1S/C16H19NO3S/c1-2-10-21-14-9-4-3-8-13(14)17-15(18)11-6-5-7-12(11)16(19)20/h2-4,8-9,11-12H,1,5-7,10H2,(H,17,18)(H,19,20). The topological polar surface area (TPSA) is 66.4 Å². The Bertz CT molecular complexity index is 544. The number of anilines is 1. The maximum atomic E-state index is 12.4. The maximum Gasteiger partial charge on any atom is 0.307 e. The highest BCUT2D eigenvalue weighted by Crippen LogP contribution is 2.34. The summed E-state index contributed by atoms with van der Waals surface area (Å²) in [5.74, 6) is -1.29. The van der Waals surface area contributed by atoms with Crippen LogP contribution in [0.2, 0.25) is 0 Å². The van der Waals surface area contributed by atoms with Crippen LogP contribution in [0.3, 0.4) is 0 Å². The molecule has 0 bridgehead atoms. The highest BCUT2D eigenvalue weighted by molar-refractivity contribution is 7.99. The van der Waals surface area contributed by atoms with Crippen LogP contribution in [0, 0.1) is 11.8 Å². The fourth-order valence-corrected chi connectivity index (χ4v) is 3.39. The molecule has 1 fully saturated rings. The van der Waals surface area contributed by atoms with Crippen LogP contribution in [0.25, 0.3) is 0 Å². The van der Waals surface area contributed by atoms with Crippen molar-refractivity contribution in [2.75, 3.05) is 11.1 Å². The number of amides is 1. The predicted octanol–water partition coefficient (Wildman–Crippen LogP) is 3.40. The zero-order valence-electron chi connectivity index (χ0n) is 11.7. The highest BCUT2D eigenvalue weighted by atomic mass is 32.2. The van der Waals surface area contributed by atoms with Crippen LogP contribution >= 0.6 is 11.8 Å². The molecule has 5 heteroatoms. The number of carbonyl (C=O) groups is 2. The van der Waals surface area contributed by atoms with Crippen molar-refractivity contribution in [2.24, 2.45) is 11.8 Å². The monoisotopic (exact) mass is 305 g/mol. The Morgan fingerprint density at radius 1 is 1.33 bits per heavy atom. The molecule has 0 spiro atoms. The van der Waals surface area contributed by atoms with E-state index in [0.717, 1.165) is 22.8 Å². The number of para-hydroxylation sites is 1. The largest absolute Gasteiger partial charge is 0.481 e. The number of hydrogen-bond acceptors (Lipinski definition) is 3. The number of thioether (sulfide) groups is 1. The normalized spacial score (nSPS) is 21.0. The number of carboxylic acids is 1. The van der Waals surface area contributed by atoms with Crippen LogP contribution in [-0.4, -0.2) is 22.7 Å². The molecule has 2 N–H and O–H groups in total. The minimum Gasteiger partial charge on any atom is -0.481 e. The van der Waals surface area contributed by atoms with Crippen molar-refractivity contribution in [1.82, 2.24) is 0 Å². The van der Waals surface area contributed by atoms with E-state index in [1.807, 2.05) is 24.3 Å². The zero-order valence-corrected chi connectivity index (χ0v) is 12.6. The van der Waals surface area contributed by atoms with Crippen LogP contribution in [-0.2, 0) is 9.59 Å². The summed E-state index contributed by atoms with van der Waals surface area (Å²) in [6.07, 6.45) is 3.83. The van der Waals surface area contributed by atoms with Gasteiger partial charge in [0, 0.05) is 10.6 Å². The molecular formula is C16H19NO3S. The van der Waals surface area contributed by atoms with Crippen molar-refractivity contribution in [1.29, 1.82) is 0 Å². The van der Waals surface area contributed by atoms with Gasteiger partial charge in [-0.2, -0.15) is 0 Å². The van der Waals surface area contributed by atoms with Crippen molar-refractivity contribution in [3.8, 4) is 0 Å². The van der Waals surface area contributed by atoms with E-state index in [-0.39, 0.29) is 5.91 Å². The molecule has 1 aromatic rings. The van der Waals surface area contributed by atoms with Gasteiger partial charge in [0.15, 0.2) is 0 Å². The summed E-state index contributed by atoms with van der Waals surface area (Å²) in [7, 11) is 0. The summed E-state index contributed by atoms with van der Waals surface area (Å²) in [6.45, 7) is 3.69. The average molecular weight is 305 g/mol. The average Bonchev–Trinajstić information content (AvgIpc) is 2.96. The summed E-state index contributed by atoms with van der Waals surface area (Å²) in [5.41, 5.74) is 0.741. The molecule has 1 amide bonds. The third kappa shape index (κ3) is 3.88. The van der Waals surface area contributed by atoms with E-state index in [2.05, 4.69) is 11.9 Å². The van der Waals surface area contributed by atoms with Crippen molar-refractivity contribution in [2.45, 2.75) is 24.2 Å². The van der Waals surface area contributed by atoms with E-state index in [0.29, 0.717) is 12.8 Å². The molecular weight excluding hydrogens is 286 g/mol. The van der Waals surface area contributed by atoms with Crippen LogP contribution in [0.1, 0.15) is 19.3 Å². The first-order valence-electron chi connectivity index (χ1n) is 7.00. The molecule has 0 radical (unpaired) electrons. The molecule has 1 aliphatic carbocycles. The van der Waals surface area contributed by atoms with Crippen molar-refractivity contribution in [3.63, 3.8) is 0 Å². The second-order valence-electron chi connectivity index (χ2n) is 5.07. The van der Waals surface area contributed by atoms with E-state index in [1.165, 1.54) is 0 Å². The van der Waals surface area contributed by atoms with Crippen LogP contribution in [0.15, 0.2) is 41.8 Å². The van der Waals surface area contributed by atoms with Gasteiger partial charge >= 0.3 is 5.97 Å². The summed E-state index contributed by atoms with van der Waals surface area (Å²) in [5, 5.41) is 12.1. The van der Waals surface area contributed by atoms with Crippen LogP contribution in [0.4, 0.5) is 5.69 Å². The molecule has 1 aliphatic rings. The number of rotatable bonds is 6. The molecule has 112 valence electrons. The van der Waals surface area contributed by atoms with Gasteiger partial charge in [0.25, 0.3) is 0 Å². The molecule has 0 heterocycles. The molecule has 0 aromatic heterocycles. The van der Waals surface area contributed by atoms with E-state index in [1.54, 1.807) is 17.8 Å². The fraction of sp³-hybridized carbons (Fsp3) is 0.375. The van der Waals surface area contributed by atoms with E-state index >= 15 is 0 Å². The van der Waals surface area contributed by atoms with Gasteiger partial charge in [-0.15, -0.1) is 18.3 Å². The number of benzene rings is 1. The first-order valence-corrected chi connectivity index (χ1v) is 7.98. The summed E-state index contributed by atoms with van der Waals surface area (Å²) in [6, 6.07) is 7.55. The van der Waals surface area contributed by atoms with Crippen molar-refractivity contribution in [3.05, 3.63) is 36.9 Å². The second kappa shape index (κ2) is 7.31. The number of aliphatic carboxylic acids is 1. The third-order valence-electron chi connectivity index (χ3n) is 3.67. The first kappa shape index (κ1) is 15.6. The van der Waals surface area contributed by atoms with Crippen molar-refractivity contribution < 1.29 is 14.7 Å². The fourth-order valence-electron chi connectivity index (χ4n) is 2.64. The minimum absolute atomic E-state index is 0.188. The Balaban J connectivity index is 2.09. The summed E-state index contributed by atoms with van der Waals surface area (Å²) in [4.78, 5) is 24.5. The Kier molecular flexibility index (Phi) is 5.44. The van der Waals surface area contributed by atoms with Gasteiger partial charge in [-0.25, -0.2) is 0 Å². The zero-order chi connectivity index (χ0) is 15.2. The quantitative estimate of drug-likeness (QED) is 0.624. The molecule has 21 heavy (non-hydrogen) atoms. The van der Waals surface area contributed by atoms with Gasteiger partial charge in [0.2, 0.25) is 5.91 Å². The Morgan fingerprint density at radius 2 is 2.05 bits per heavy atom. The molecule has 0 aliphatic heterocycles. The van der Waals surface area contributed by atoms with Gasteiger partial charge in [-0.05, 0) is 25.0 Å². The lowest BCUT2D eigenvalue weighted by atomic mass is 9.95.